The van der Waals surface area contributed by atoms with Gasteiger partial charge in [-0.15, -0.1) is 0 Å². The van der Waals surface area contributed by atoms with E-state index in [4.69, 9.17) is 23.2 Å². The third-order valence-corrected chi connectivity index (χ3v) is 6.09. The first-order valence-electron chi connectivity index (χ1n) is 7.54. The number of hydrogen-bond donors (Lipinski definition) is 2. The Hall–Kier alpha value is -2.11. The molecule has 0 fully saturated rings. The zero-order chi connectivity index (χ0) is 18.7. The van der Waals surface area contributed by atoms with E-state index in [1.54, 1.807) is 30.3 Å². The van der Waals surface area contributed by atoms with Crippen LogP contribution in [0.4, 0.5) is 10.4 Å². The number of halogens is 2. The van der Waals surface area contributed by atoms with Crippen molar-refractivity contribution in [2.75, 3.05) is 10.6 Å². The van der Waals surface area contributed by atoms with Crippen LogP contribution in [0.2, 0.25) is 10.0 Å². The maximum absolute atomic E-state index is 12.4. The average molecular weight is 453 g/mol. The third-order valence-electron chi connectivity index (χ3n) is 3.53. The average Bonchev–Trinajstić information content (AvgIpc) is 3.07. The van der Waals surface area contributed by atoms with Crippen LogP contribution >= 0.6 is 23.2 Å². The van der Waals surface area contributed by atoms with Crippen LogP contribution in [0, 0.1) is 6.92 Å². The van der Waals surface area contributed by atoms with Crippen molar-refractivity contribution in [3.63, 3.8) is 0 Å². The first kappa shape index (κ1) is 18.7. The van der Waals surface area contributed by atoms with Gasteiger partial charge in [0.05, 0.1) is 0 Å². The number of carbonyl (C=O) groups excluding carboxylic acids is 2. The van der Waals surface area contributed by atoms with Gasteiger partial charge < -0.3 is 0 Å². The summed E-state index contributed by atoms with van der Waals surface area (Å²) < 4.78 is 0.940. The monoisotopic (exact) mass is 453 g/mol. The van der Waals surface area contributed by atoms with Crippen molar-refractivity contribution in [1.82, 2.24) is 4.98 Å². The molecule has 0 saturated carbocycles. The molecule has 0 aliphatic carbocycles. The molecule has 1 aromatic heterocycles. The zero-order valence-electron chi connectivity index (χ0n) is 13.5. The molecule has 5 nitrogen and oxygen atoms in total. The Labute approximate surface area is 166 Å². The molecule has 132 valence electrons. The van der Waals surface area contributed by atoms with Crippen LogP contribution in [0.25, 0.3) is 0 Å². The van der Waals surface area contributed by atoms with Crippen LogP contribution in [0.1, 0.15) is 25.2 Å². The summed E-state index contributed by atoms with van der Waals surface area (Å²) in [6.07, 6.45) is 1.46. The van der Waals surface area contributed by atoms with Gasteiger partial charge in [0.15, 0.2) is 0 Å². The van der Waals surface area contributed by atoms with E-state index in [9.17, 15) is 9.59 Å². The summed E-state index contributed by atoms with van der Waals surface area (Å²) in [5.41, 5.74) is 1.80. The summed E-state index contributed by atoms with van der Waals surface area (Å²) in [4.78, 5) is 28.8. The molecule has 0 unspecified atom stereocenters. The van der Waals surface area contributed by atoms with Gasteiger partial charge in [-0.05, 0) is 0 Å². The Morgan fingerprint density at radius 1 is 0.962 bits per heavy atom. The number of aromatic nitrogens is 1. The summed E-state index contributed by atoms with van der Waals surface area (Å²) in [6.45, 7) is 1.86. The van der Waals surface area contributed by atoms with E-state index < -0.39 is 14.5 Å². The molecule has 0 aliphatic heterocycles. The molecule has 0 bridgehead atoms. The van der Waals surface area contributed by atoms with Crippen LogP contribution in [0.3, 0.4) is 0 Å². The first-order chi connectivity index (χ1) is 12.5. The van der Waals surface area contributed by atoms with Gasteiger partial charge in [0.2, 0.25) is 0 Å². The fourth-order valence-electron chi connectivity index (χ4n) is 2.21. The minimum absolute atomic E-state index is 0.285. The van der Waals surface area contributed by atoms with Gasteiger partial charge in [-0.25, -0.2) is 0 Å². The number of para-hydroxylation sites is 1. The number of carbonyl (C=O) groups is 2. The molecule has 2 aromatic carbocycles. The van der Waals surface area contributed by atoms with Gasteiger partial charge >= 0.3 is 166 Å². The van der Waals surface area contributed by atoms with Gasteiger partial charge in [-0.1, -0.05) is 0 Å². The standard InChI is InChI=1S/C18H13Cl2N3O2Se/c1-10-5-4-8-13(20)15(10)22-17(25)14-9-21-18(26-14)23-16(24)11-6-2-3-7-12(11)19/h2-9H,1H3,(H,22,25)(H,21,23,24). The fourth-order valence-corrected chi connectivity index (χ4v) is 4.19. The molecule has 0 aliphatic rings. The summed E-state index contributed by atoms with van der Waals surface area (Å²) >= 11 is 11.7. The van der Waals surface area contributed by atoms with Gasteiger partial charge in [0.1, 0.15) is 0 Å². The first-order valence-corrected chi connectivity index (χ1v) is 10.0. The molecule has 0 atom stereocenters. The summed E-state index contributed by atoms with van der Waals surface area (Å²) in [7, 11) is 0. The second-order valence-electron chi connectivity index (χ2n) is 5.35. The van der Waals surface area contributed by atoms with Crippen molar-refractivity contribution in [2.24, 2.45) is 0 Å². The third kappa shape index (κ3) is 4.16. The predicted octanol–water partition coefficient (Wildman–Crippen LogP) is 4.26. The molecule has 0 radical (unpaired) electrons. The molecular formula is C18H13Cl2N3O2Se. The number of aryl methyl sites for hydroxylation is 1. The second kappa shape index (κ2) is 8.06. The SMILES string of the molecule is Cc1cccc(Cl)c1NC(=O)c1cnc(NC(=O)c2ccccc2Cl)[se]1. The molecule has 3 aromatic rings. The number of nitrogens with zero attached hydrogens (tertiary/aromatic N) is 1. The van der Waals surface area contributed by atoms with E-state index in [0.29, 0.717) is 30.4 Å². The van der Waals surface area contributed by atoms with Crippen molar-refractivity contribution in [3.05, 3.63) is 74.3 Å². The zero-order valence-corrected chi connectivity index (χ0v) is 16.8. The fraction of sp³-hybridized carbons (Fsp3) is 0.0556. The van der Waals surface area contributed by atoms with E-state index in [1.165, 1.54) is 6.20 Å². The van der Waals surface area contributed by atoms with Gasteiger partial charge in [-0.2, -0.15) is 0 Å². The second-order valence-corrected chi connectivity index (χ2v) is 8.33. The number of nitrogens with one attached hydrogen (secondary N) is 2. The van der Waals surface area contributed by atoms with Crippen LogP contribution < -0.4 is 10.6 Å². The van der Waals surface area contributed by atoms with Gasteiger partial charge in [0, 0.05) is 0 Å². The summed E-state index contributed by atoms with van der Waals surface area (Å²) in [6, 6.07) is 12.1. The molecule has 2 N–H and O–H groups in total. The number of amides is 2. The number of anilines is 2. The van der Waals surface area contributed by atoms with Crippen molar-refractivity contribution < 1.29 is 9.59 Å². The molecule has 8 heteroatoms. The topological polar surface area (TPSA) is 71.1 Å². The predicted molar refractivity (Wildman–Crippen MR) is 105 cm³/mol. The molecule has 1 heterocycles. The quantitative estimate of drug-likeness (QED) is 0.581. The van der Waals surface area contributed by atoms with Gasteiger partial charge in [-0.3, -0.25) is 0 Å². The van der Waals surface area contributed by atoms with E-state index in [0.717, 1.165) is 5.56 Å². The van der Waals surface area contributed by atoms with E-state index in [1.807, 2.05) is 19.1 Å². The van der Waals surface area contributed by atoms with Crippen LogP contribution in [-0.4, -0.2) is 31.3 Å². The molecular weight excluding hydrogens is 440 g/mol. The minimum atomic E-state index is -0.420. The number of rotatable bonds is 4. The molecule has 26 heavy (non-hydrogen) atoms. The Balaban J connectivity index is 1.72. The van der Waals surface area contributed by atoms with Crippen molar-refractivity contribution in [1.29, 1.82) is 0 Å². The Kier molecular flexibility index (Phi) is 5.79. The summed E-state index contributed by atoms with van der Waals surface area (Å²) in [5.74, 6) is -0.639. The Bertz CT molecular complexity index is 968. The van der Waals surface area contributed by atoms with Crippen LogP contribution in [0.15, 0.2) is 48.7 Å². The Morgan fingerprint density at radius 3 is 2.42 bits per heavy atom. The van der Waals surface area contributed by atoms with Gasteiger partial charge in [0.25, 0.3) is 0 Å². The van der Waals surface area contributed by atoms with Crippen molar-refractivity contribution >= 4 is 59.9 Å². The normalized spacial score (nSPS) is 10.4. The van der Waals surface area contributed by atoms with Crippen molar-refractivity contribution in [2.45, 2.75) is 6.92 Å². The maximum atomic E-state index is 12.4. The molecule has 2 amide bonds. The Morgan fingerprint density at radius 2 is 1.69 bits per heavy atom. The molecule has 0 spiro atoms. The van der Waals surface area contributed by atoms with Crippen LogP contribution in [-0.2, 0) is 0 Å². The van der Waals surface area contributed by atoms with Crippen molar-refractivity contribution in [3.8, 4) is 0 Å². The van der Waals surface area contributed by atoms with E-state index >= 15 is 0 Å². The number of benzene rings is 2. The van der Waals surface area contributed by atoms with E-state index in [2.05, 4.69) is 15.6 Å². The summed E-state index contributed by atoms with van der Waals surface area (Å²) in [5, 5.41) is 6.34. The molecule has 0 saturated heterocycles. The van der Waals surface area contributed by atoms with E-state index in [-0.39, 0.29) is 11.8 Å². The molecule has 3 rings (SSSR count). The van der Waals surface area contributed by atoms with Crippen LogP contribution in [0.5, 0.6) is 0 Å². The number of hydrogen-bond acceptors (Lipinski definition) is 3.